The smallest absolute Gasteiger partial charge is 0.251 e. The van der Waals surface area contributed by atoms with E-state index in [-0.39, 0.29) is 0 Å². The molecular weight excluding hydrogens is 128 g/mol. The second-order valence-electron chi connectivity index (χ2n) is 2.23. The van der Waals surface area contributed by atoms with Crippen molar-refractivity contribution < 1.29 is 9.30 Å². The van der Waals surface area contributed by atoms with Crippen LogP contribution in [0.1, 0.15) is 5.82 Å². The molecule has 56 valence electrons. The van der Waals surface area contributed by atoms with E-state index in [0.717, 1.165) is 19.0 Å². The maximum atomic E-state index is 4.94. The molecule has 0 aromatic carbocycles. The van der Waals surface area contributed by atoms with Crippen molar-refractivity contribution in [3.05, 3.63) is 18.2 Å². The zero-order valence-corrected chi connectivity index (χ0v) is 6.42. The first-order valence-corrected chi connectivity index (χ1v) is 3.37. The van der Waals surface area contributed by atoms with Gasteiger partial charge in [-0.05, 0) is 0 Å². The Morgan fingerprint density at radius 2 is 2.50 bits per heavy atom. The molecule has 0 radical (unpaired) electrons. The van der Waals surface area contributed by atoms with E-state index in [1.807, 2.05) is 19.3 Å². The number of H-pyrrole nitrogens is 1. The van der Waals surface area contributed by atoms with Gasteiger partial charge < -0.3 is 4.74 Å². The number of methoxy groups -OCH3 is 1. The topological polar surface area (TPSA) is 28.9 Å². The summed E-state index contributed by atoms with van der Waals surface area (Å²) >= 11 is 0. The zero-order chi connectivity index (χ0) is 7.40. The minimum atomic E-state index is 0.767. The van der Waals surface area contributed by atoms with Gasteiger partial charge in [0.05, 0.1) is 6.61 Å². The van der Waals surface area contributed by atoms with E-state index in [0.29, 0.717) is 0 Å². The summed E-state index contributed by atoms with van der Waals surface area (Å²) in [6.07, 6.45) is 3.93. The molecule has 0 atom stereocenters. The molecule has 0 aliphatic rings. The molecule has 1 heterocycles. The lowest BCUT2D eigenvalue weighted by atomic mass is 10.6. The van der Waals surface area contributed by atoms with E-state index in [1.54, 1.807) is 7.11 Å². The number of hydrogen-bond acceptors (Lipinski definition) is 1. The summed E-state index contributed by atoms with van der Waals surface area (Å²) in [6.45, 7) is 3.73. The maximum absolute atomic E-state index is 4.94. The Morgan fingerprint density at radius 1 is 1.70 bits per heavy atom. The van der Waals surface area contributed by atoms with Crippen LogP contribution in [0.3, 0.4) is 0 Å². The molecule has 1 N–H and O–H groups in total. The molecule has 0 aliphatic heterocycles. The third-order valence-corrected chi connectivity index (χ3v) is 1.51. The third-order valence-electron chi connectivity index (χ3n) is 1.51. The summed E-state index contributed by atoms with van der Waals surface area (Å²) < 4.78 is 7.05. The highest BCUT2D eigenvalue weighted by Gasteiger charge is 2.01. The van der Waals surface area contributed by atoms with Gasteiger partial charge in [-0.2, -0.15) is 0 Å². The predicted octanol–water partition coefficient (Wildman–Crippen LogP) is 0.257. The fourth-order valence-corrected chi connectivity index (χ4v) is 0.874. The lowest BCUT2D eigenvalue weighted by molar-refractivity contribution is -0.702. The van der Waals surface area contributed by atoms with Crippen molar-refractivity contribution >= 4 is 0 Å². The zero-order valence-electron chi connectivity index (χ0n) is 6.42. The van der Waals surface area contributed by atoms with Gasteiger partial charge in [-0.15, -0.1) is 0 Å². The summed E-state index contributed by atoms with van der Waals surface area (Å²) in [6, 6.07) is 0. The number of nitrogens with one attached hydrogen (secondary N) is 1. The van der Waals surface area contributed by atoms with Gasteiger partial charge in [-0.1, -0.05) is 0 Å². The van der Waals surface area contributed by atoms with Gasteiger partial charge in [0.25, 0.3) is 5.82 Å². The highest BCUT2D eigenvalue weighted by atomic mass is 16.5. The van der Waals surface area contributed by atoms with Crippen LogP contribution in [0.15, 0.2) is 12.4 Å². The molecule has 0 saturated carbocycles. The summed E-state index contributed by atoms with van der Waals surface area (Å²) in [5, 5.41) is 0. The number of aryl methyl sites for hydroxylation is 1. The Hall–Kier alpha value is -0.830. The SMILES string of the molecule is COCC[n+]1cc[nH]c1C. The number of aromatic nitrogens is 2. The van der Waals surface area contributed by atoms with Crippen LogP contribution in [0.4, 0.5) is 0 Å². The van der Waals surface area contributed by atoms with Crippen LogP contribution in [0.2, 0.25) is 0 Å². The molecule has 0 aliphatic carbocycles. The number of ether oxygens (including phenoxy) is 1. The molecule has 1 aromatic rings. The van der Waals surface area contributed by atoms with Gasteiger partial charge in [-0.3, -0.25) is 0 Å². The van der Waals surface area contributed by atoms with Crippen molar-refractivity contribution in [3.8, 4) is 0 Å². The Labute approximate surface area is 60.6 Å². The van der Waals surface area contributed by atoms with Crippen molar-refractivity contribution in [2.45, 2.75) is 13.5 Å². The van der Waals surface area contributed by atoms with Crippen molar-refractivity contribution in [3.63, 3.8) is 0 Å². The first-order valence-electron chi connectivity index (χ1n) is 3.37. The van der Waals surface area contributed by atoms with Gasteiger partial charge in [0.1, 0.15) is 18.9 Å². The lowest BCUT2D eigenvalue weighted by Gasteiger charge is -1.95. The van der Waals surface area contributed by atoms with Gasteiger partial charge in [0, 0.05) is 14.0 Å². The Morgan fingerprint density at radius 3 is 3.00 bits per heavy atom. The number of hydrogen-bond donors (Lipinski definition) is 1. The summed E-state index contributed by atoms with van der Waals surface area (Å²) in [5.41, 5.74) is 0. The molecule has 3 nitrogen and oxygen atoms in total. The van der Waals surface area contributed by atoms with Crippen molar-refractivity contribution in [1.82, 2.24) is 4.98 Å². The summed E-state index contributed by atoms with van der Waals surface area (Å²) in [4.78, 5) is 3.08. The first kappa shape index (κ1) is 7.28. The monoisotopic (exact) mass is 141 g/mol. The highest BCUT2D eigenvalue weighted by Crippen LogP contribution is 1.80. The number of nitrogens with zero attached hydrogens (tertiary/aromatic N) is 1. The molecule has 1 aromatic heterocycles. The molecule has 0 fully saturated rings. The van der Waals surface area contributed by atoms with E-state index in [2.05, 4.69) is 9.55 Å². The van der Waals surface area contributed by atoms with Crippen LogP contribution in [0.5, 0.6) is 0 Å². The van der Waals surface area contributed by atoms with E-state index >= 15 is 0 Å². The van der Waals surface area contributed by atoms with Crippen molar-refractivity contribution in [2.24, 2.45) is 0 Å². The largest absolute Gasteiger partial charge is 0.381 e. The molecule has 0 spiro atoms. The average Bonchev–Trinajstić information content (AvgIpc) is 2.31. The minimum absolute atomic E-state index is 0.767. The first-order chi connectivity index (χ1) is 4.84. The molecule has 0 saturated heterocycles. The normalized spacial score (nSPS) is 10.2. The molecule has 1 rings (SSSR count). The standard InChI is InChI=1S/C7H12N2O/c1-7-8-3-4-9(7)5-6-10-2/h3-4H,5-6H2,1-2H3/p+1. The Balaban J connectivity index is 2.49. The molecule has 0 bridgehead atoms. The van der Waals surface area contributed by atoms with Crippen LogP contribution in [-0.2, 0) is 11.3 Å². The van der Waals surface area contributed by atoms with Crippen molar-refractivity contribution in [1.29, 1.82) is 0 Å². The highest BCUT2D eigenvalue weighted by molar-refractivity contribution is 4.70. The van der Waals surface area contributed by atoms with E-state index < -0.39 is 0 Å². The average molecular weight is 141 g/mol. The number of rotatable bonds is 3. The molecule has 0 unspecified atom stereocenters. The van der Waals surface area contributed by atoms with Crippen LogP contribution < -0.4 is 4.57 Å². The second kappa shape index (κ2) is 3.37. The molecular formula is C7H13N2O+. The Kier molecular flexibility index (Phi) is 2.45. The van der Waals surface area contributed by atoms with E-state index in [4.69, 9.17) is 4.74 Å². The van der Waals surface area contributed by atoms with E-state index in [9.17, 15) is 0 Å². The van der Waals surface area contributed by atoms with Crippen molar-refractivity contribution in [2.75, 3.05) is 13.7 Å². The maximum Gasteiger partial charge on any atom is 0.251 e. The summed E-state index contributed by atoms with van der Waals surface area (Å²) in [5.74, 6) is 1.16. The third kappa shape index (κ3) is 1.57. The second-order valence-corrected chi connectivity index (χ2v) is 2.23. The van der Waals surface area contributed by atoms with Crippen LogP contribution in [-0.4, -0.2) is 18.7 Å². The quantitative estimate of drug-likeness (QED) is 0.601. The molecule has 10 heavy (non-hydrogen) atoms. The number of imidazole rings is 1. The fourth-order valence-electron chi connectivity index (χ4n) is 0.874. The predicted molar refractivity (Wildman–Crippen MR) is 37.6 cm³/mol. The lowest BCUT2D eigenvalue weighted by Crippen LogP contribution is -2.36. The minimum Gasteiger partial charge on any atom is -0.381 e. The number of aromatic amines is 1. The van der Waals surface area contributed by atoms with E-state index in [1.165, 1.54) is 0 Å². The van der Waals surface area contributed by atoms with Gasteiger partial charge >= 0.3 is 0 Å². The van der Waals surface area contributed by atoms with Gasteiger partial charge in [0.2, 0.25) is 0 Å². The van der Waals surface area contributed by atoms with Gasteiger partial charge in [-0.25, -0.2) is 9.55 Å². The van der Waals surface area contributed by atoms with Crippen LogP contribution in [0.25, 0.3) is 0 Å². The van der Waals surface area contributed by atoms with Crippen LogP contribution >= 0.6 is 0 Å². The fraction of sp³-hybridized carbons (Fsp3) is 0.571. The summed E-state index contributed by atoms with van der Waals surface area (Å²) in [7, 11) is 1.71. The van der Waals surface area contributed by atoms with Gasteiger partial charge in [0.15, 0.2) is 0 Å². The van der Waals surface area contributed by atoms with Crippen LogP contribution in [0, 0.1) is 6.92 Å². The molecule has 0 amide bonds. The molecule has 3 heteroatoms. The Bertz CT molecular complexity index is 195.